The lowest BCUT2D eigenvalue weighted by Gasteiger charge is -2.23. The number of nitrogens with zero attached hydrogens (tertiary/aromatic N) is 1. The zero-order valence-electron chi connectivity index (χ0n) is 19.1. The number of esters is 1. The minimum Gasteiger partial charge on any atom is -0.468 e. The molecule has 8 heteroatoms. The number of nitrogens with one attached hydrogen (secondary N) is 3. The second kappa shape index (κ2) is 15.0. The molecule has 0 aliphatic heterocycles. The molecular formula is C23H36N4O4. The van der Waals surface area contributed by atoms with E-state index >= 15 is 0 Å². The molecule has 1 aromatic carbocycles. The minimum atomic E-state index is -0.679. The van der Waals surface area contributed by atoms with Crippen LogP contribution in [-0.2, 0) is 25.5 Å². The molecule has 1 aromatic rings. The highest BCUT2D eigenvalue weighted by atomic mass is 16.5. The number of hydrogen-bond acceptors (Lipinski definition) is 6. The van der Waals surface area contributed by atoms with E-state index in [2.05, 4.69) is 28.1 Å². The molecule has 1 unspecified atom stereocenters. The Morgan fingerprint density at radius 3 is 2.42 bits per heavy atom. The normalized spacial score (nSPS) is 12.2. The second-order valence-electron chi connectivity index (χ2n) is 7.26. The monoisotopic (exact) mass is 432 g/mol. The van der Waals surface area contributed by atoms with Crippen molar-refractivity contribution in [3.8, 4) is 0 Å². The Bertz CT molecular complexity index is 722. The summed E-state index contributed by atoms with van der Waals surface area (Å²) in [5.74, 6) is -0.967. The summed E-state index contributed by atoms with van der Waals surface area (Å²) in [6.45, 7) is 2.58. The van der Waals surface area contributed by atoms with Gasteiger partial charge in [-0.2, -0.15) is 0 Å². The topological polar surface area (TPSA) is 99.8 Å². The first-order chi connectivity index (χ1) is 14.9. The highest BCUT2D eigenvalue weighted by molar-refractivity contribution is 5.88. The summed E-state index contributed by atoms with van der Waals surface area (Å²) in [4.78, 5) is 38.5. The van der Waals surface area contributed by atoms with Crippen molar-refractivity contribution >= 4 is 17.8 Å². The first-order valence-electron chi connectivity index (χ1n) is 10.6. The van der Waals surface area contributed by atoms with Crippen LogP contribution in [0.5, 0.6) is 0 Å². The molecule has 3 N–H and O–H groups in total. The van der Waals surface area contributed by atoms with Crippen LogP contribution in [0.15, 0.2) is 42.1 Å². The number of ether oxygens (including phenoxy) is 1. The molecule has 0 saturated heterocycles. The smallest absolute Gasteiger partial charge is 0.319 e. The van der Waals surface area contributed by atoms with E-state index in [-0.39, 0.29) is 24.9 Å². The highest BCUT2D eigenvalue weighted by Crippen LogP contribution is 2.10. The summed E-state index contributed by atoms with van der Waals surface area (Å²) in [6.07, 6.45) is 4.65. The molecule has 0 radical (unpaired) electrons. The molecule has 0 aliphatic rings. The van der Waals surface area contributed by atoms with Crippen LogP contribution in [0, 0.1) is 0 Å². The zero-order valence-corrected chi connectivity index (χ0v) is 19.1. The first-order valence-corrected chi connectivity index (χ1v) is 10.6. The molecule has 31 heavy (non-hydrogen) atoms. The average molecular weight is 433 g/mol. The van der Waals surface area contributed by atoms with Gasteiger partial charge in [0.1, 0.15) is 6.04 Å². The first kappa shape index (κ1) is 26.2. The van der Waals surface area contributed by atoms with Gasteiger partial charge < -0.3 is 20.7 Å². The third kappa shape index (κ3) is 10.6. The molecule has 172 valence electrons. The molecule has 0 saturated carbocycles. The fraction of sp³-hybridized carbons (Fsp3) is 0.522. The molecule has 1 atom stereocenters. The fourth-order valence-corrected chi connectivity index (χ4v) is 3.21. The number of likely N-dealkylation sites (N-methyl/N-ethyl adjacent to an activating group) is 1. The fourth-order valence-electron chi connectivity index (χ4n) is 3.21. The van der Waals surface area contributed by atoms with Gasteiger partial charge >= 0.3 is 5.97 Å². The molecule has 0 spiro atoms. The van der Waals surface area contributed by atoms with E-state index in [1.807, 2.05) is 31.3 Å². The van der Waals surface area contributed by atoms with Gasteiger partial charge in [-0.05, 0) is 44.0 Å². The predicted octanol–water partition coefficient (Wildman–Crippen LogP) is 1.23. The maximum atomic E-state index is 12.7. The van der Waals surface area contributed by atoms with Gasteiger partial charge in [-0.1, -0.05) is 42.8 Å². The van der Waals surface area contributed by atoms with Gasteiger partial charge in [-0.25, -0.2) is 0 Å². The largest absolute Gasteiger partial charge is 0.468 e. The van der Waals surface area contributed by atoms with Gasteiger partial charge in [-0.3, -0.25) is 19.3 Å². The van der Waals surface area contributed by atoms with Gasteiger partial charge in [0.25, 0.3) is 0 Å². The van der Waals surface area contributed by atoms with Crippen LogP contribution in [0.1, 0.15) is 31.7 Å². The number of rotatable bonds is 14. The Morgan fingerprint density at radius 1 is 1.13 bits per heavy atom. The number of carbonyl (C=O) groups is 3. The maximum absolute atomic E-state index is 12.7. The molecule has 0 aromatic heterocycles. The molecule has 8 nitrogen and oxygen atoms in total. The summed E-state index contributed by atoms with van der Waals surface area (Å²) >= 11 is 0. The van der Waals surface area contributed by atoms with E-state index in [4.69, 9.17) is 4.74 Å². The van der Waals surface area contributed by atoms with Crippen LogP contribution in [-0.4, -0.2) is 69.6 Å². The number of amides is 2. The molecule has 0 bridgehead atoms. The average Bonchev–Trinajstić information content (AvgIpc) is 2.77. The van der Waals surface area contributed by atoms with Gasteiger partial charge in [-0.15, -0.1) is 0 Å². The van der Waals surface area contributed by atoms with E-state index in [0.717, 1.165) is 24.8 Å². The summed E-state index contributed by atoms with van der Waals surface area (Å²) in [6, 6.07) is 9.36. The van der Waals surface area contributed by atoms with Gasteiger partial charge in [0.15, 0.2) is 0 Å². The molecule has 0 fully saturated rings. The van der Waals surface area contributed by atoms with Crippen molar-refractivity contribution in [3.63, 3.8) is 0 Å². The highest BCUT2D eigenvalue weighted by Gasteiger charge is 2.22. The zero-order chi connectivity index (χ0) is 23.1. The quantitative estimate of drug-likeness (QED) is 0.383. The van der Waals surface area contributed by atoms with Crippen LogP contribution in [0.3, 0.4) is 0 Å². The van der Waals surface area contributed by atoms with E-state index in [9.17, 15) is 14.4 Å². The summed E-state index contributed by atoms with van der Waals surface area (Å²) in [5.41, 5.74) is 2.22. The molecule has 0 heterocycles. The Hall–Kier alpha value is -2.87. The molecular weight excluding hydrogens is 396 g/mol. The molecule has 1 rings (SSSR count). The van der Waals surface area contributed by atoms with Crippen LogP contribution in [0.2, 0.25) is 0 Å². The second-order valence-corrected chi connectivity index (χ2v) is 7.26. The summed E-state index contributed by atoms with van der Waals surface area (Å²) in [7, 11) is 4.66. The van der Waals surface area contributed by atoms with Crippen molar-refractivity contribution in [2.45, 2.75) is 38.6 Å². The Labute approximate surface area is 185 Å². The minimum absolute atomic E-state index is 0.00852. The van der Waals surface area contributed by atoms with Crippen LogP contribution < -0.4 is 16.0 Å². The molecule has 0 aliphatic carbocycles. The lowest BCUT2D eigenvalue weighted by atomic mass is 10.0. The number of aryl methyl sites for hydroxylation is 1. The van der Waals surface area contributed by atoms with E-state index in [0.29, 0.717) is 13.0 Å². The van der Waals surface area contributed by atoms with Gasteiger partial charge in [0.05, 0.1) is 20.2 Å². The van der Waals surface area contributed by atoms with Crippen molar-refractivity contribution in [2.24, 2.45) is 0 Å². The number of benzene rings is 1. The Kier molecular flexibility index (Phi) is 12.7. The van der Waals surface area contributed by atoms with Gasteiger partial charge in [0.2, 0.25) is 11.8 Å². The van der Waals surface area contributed by atoms with Crippen molar-refractivity contribution in [2.75, 3.05) is 40.8 Å². The standard InChI is InChI=1S/C23H36N4O4/c1-5-18(15-24-2)14-20(23(30)25-3)26-21(28)16-27(17-22(29)31-4)13-9-12-19-10-7-6-8-11-19/h6-8,10-11,15,20,24H,5,9,12-14,16-17H2,1-4H3,(H,25,30)(H,26,28)/b18-15+. The van der Waals surface area contributed by atoms with Gasteiger partial charge in [0, 0.05) is 14.1 Å². The molecule has 2 amide bonds. The van der Waals surface area contributed by atoms with Crippen molar-refractivity contribution in [1.29, 1.82) is 0 Å². The van der Waals surface area contributed by atoms with Crippen LogP contribution >= 0.6 is 0 Å². The number of carbonyl (C=O) groups excluding carboxylic acids is 3. The SMILES string of the molecule is CC/C(=C\NC)CC(NC(=O)CN(CCCc1ccccc1)CC(=O)OC)C(=O)NC. The number of hydrogen-bond donors (Lipinski definition) is 3. The Balaban J connectivity index is 2.73. The van der Waals surface area contributed by atoms with Crippen LogP contribution in [0.25, 0.3) is 0 Å². The van der Waals surface area contributed by atoms with Crippen molar-refractivity contribution in [1.82, 2.24) is 20.9 Å². The van der Waals surface area contributed by atoms with E-state index in [1.54, 1.807) is 19.0 Å². The van der Waals surface area contributed by atoms with Crippen LogP contribution in [0.4, 0.5) is 0 Å². The summed E-state index contributed by atoms with van der Waals surface area (Å²) < 4.78 is 4.77. The van der Waals surface area contributed by atoms with Crippen molar-refractivity contribution in [3.05, 3.63) is 47.7 Å². The Morgan fingerprint density at radius 2 is 1.84 bits per heavy atom. The van der Waals surface area contributed by atoms with Crippen molar-refractivity contribution < 1.29 is 19.1 Å². The summed E-state index contributed by atoms with van der Waals surface area (Å²) in [5, 5.41) is 8.37. The maximum Gasteiger partial charge on any atom is 0.319 e. The van der Waals surface area contributed by atoms with E-state index in [1.165, 1.54) is 12.7 Å². The number of methoxy groups -OCH3 is 1. The third-order valence-corrected chi connectivity index (χ3v) is 4.90. The predicted molar refractivity (Wildman–Crippen MR) is 121 cm³/mol. The lowest BCUT2D eigenvalue weighted by molar-refractivity contribution is -0.142. The lowest BCUT2D eigenvalue weighted by Crippen LogP contribution is -2.49. The third-order valence-electron chi connectivity index (χ3n) is 4.90. The van der Waals surface area contributed by atoms with E-state index < -0.39 is 12.0 Å².